The van der Waals surface area contributed by atoms with Crippen LogP contribution in [0.1, 0.15) is 70.9 Å². The van der Waals surface area contributed by atoms with Gasteiger partial charge in [0.1, 0.15) is 29.3 Å². The van der Waals surface area contributed by atoms with Gasteiger partial charge in [-0.1, -0.05) is 92.1 Å². The molecule has 4 aromatic carbocycles. The minimum atomic E-state index is -1.28. The number of ether oxygens (including phenoxy) is 5. The molecule has 0 amide bonds. The molecule has 7 rings (SSSR count). The highest BCUT2D eigenvalue weighted by Crippen LogP contribution is 2.44. The van der Waals surface area contributed by atoms with E-state index in [1.807, 2.05) is 84.9 Å². The third-order valence-electron chi connectivity index (χ3n) is 11.0. The molecule has 1 saturated heterocycles. The van der Waals surface area contributed by atoms with Gasteiger partial charge in [0.05, 0.1) is 26.4 Å². The lowest BCUT2D eigenvalue weighted by Crippen LogP contribution is -2.62. The standard InChI is InChI=1S/C45H49N3O8/c1-32-27-48(43(51)46-41(32)49)40-28-47(37-17-11-6-12-18-37)29-44(56-40,30-54-42(50)33-13-7-4-8-14-33)31-55-45(34-15-9-5-10-16-34,35-19-23-38(52-2)24-20-35)36-21-25-39(53-3)26-22-36/h4-5,7-10,13-16,19-27,37,40H,6,11-12,17-18,28-31H2,1-3H3,(H,46,49,51)/t40-,44+/m1/s1. The van der Waals surface area contributed by atoms with E-state index in [1.165, 1.54) is 4.57 Å². The van der Waals surface area contributed by atoms with Crippen LogP contribution < -0.4 is 20.7 Å². The summed E-state index contributed by atoms with van der Waals surface area (Å²) < 4.78 is 33.2. The van der Waals surface area contributed by atoms with Crippen LogP contribution in [0.4, 0.5) is 0 Å². The Balaban J connectivity index is 1.37. The highest BCUT2D eigenvalue weighted by molar-refractivity contribution is 5.89. The lowest BCUT2D eigenvalue weighted by atomic mass is 9.79. The van der Waals surface area contributed by atoms with Crippen LogP contribution in [0, 0.1) is 6.92 Å². The van der Waals surface area contributed by atoms with Crippen molar-refractivity contribution in [1.82, 2.24) is 14.5 Å². The number of morpholine rings is 1. The summed E-state index contributed by atoms with van der Waals surface area (Å²) in [4.78, 5) is 44.4. The van der Waals surface area contributed by atoms with Gasteiger partial charge in [0, 0.05) is 30.9 Å². The maximum absolute atomic E-state index is 13.6. The van der Waals surface area contributed by atoms with E-state index >= 15 is 0 Å². The van der Waals surface area contributed by atoms with E-state index in [9.17, 15) is 14.4 Å². The van der Waals surface area contributed by atoms with Crippen molar-refractivity contribution in [3.05, 3.63) is 164 Å². The second kappa shape index (κ2) is 17.1. The lowest BCUT2D eigenvalue weighted by molar-refractivity contribution is -0.236. The van der Waals surface area contributed by atoms with E-state index in [-0.39, 0.29) is 19.3 Å². The molecule has 11 heteroatoms. The maximum atomic E-state index is 13.6. The Hall–Kier alpha value is -5.49. The van der Waals surface area contributed by atoms with Crippen molar-refractivity contribution in [2.75, 3.05) is 40.5 Å². The van der Waals surface area contributed by atoms with Crippen LogP contribution >= 0.6 is 0 Å². The van der Waals surface area contributed by atoms with E-state index < -0.39 is 34.6 Å². The zero-order chi connectivity index (χ0) is 39.1. The molecule has 11 nitrogen and oxygen atoms in total. The number of nitrogens with zero attached hydrogens (tertiary/aromatic N) is 2. The fourth-order valence-electron chi connectivity index (χ4n) is 8.04. The first-order valence-corrected chi connectivity index (χ1v) is 19.2. The summed E-state index contributed by atoms with van der Waals surface area (Å²) in [5, 5.41) is 0. The number of methoxy groups -OCH3 is 2. The molecular weight excluding hydrogens is 711 g/mol. The third-order valence-corrected chi connectivity index (χ3v) is 11.0. The Bertz CT molecular complexity index is 2130. The number of hydrogen-bond acceptors (Lipinski definition) is 9. The van der Waals surface area contributed by atoms with E-state index in [2.05, 4.69) is 9.88 Å². The highest BCUT2D eigenvalue weighted by atomic mass is 16.6. The van der Waals surface area contributed by atoms with Gasteiger partial charge in [0.2, 0.25) is 0 Å². The average molecular weight is 760 g/mol. The van der Waals surface area contributed by atoms with Crippen molar-refractivity contribution in [3.8, 4) is 11.5 Å². The summed E-state index contributed by atoms with van der Waals surface area (Å²) in [7, 11) is 3.26. The third kappa shape index (κ3) is 8.21. The summed E-state index contributed by atoms with van der Waals surface area (Å²) >= 11 is 0. The van der Waals surface area contributed by atoms with Crippen molar-refractivity contribution in [3.63, 3.8) is 0 Å². The minimum Gasteiger partial charge on any atom is -0.497 e. The molecule has 0 bridgehead atoms. The van der Waals surface area contributed by atoms with Crippen LogP contribution in [0.25, 0.3) is 0 Å². The van der Waals surface area contributed by atoms with Crippen LogP contribution in [0.5, 0.6) is 11.5 Å². The van der Waals surface area contributed by atoms with Crippen molar-refractivity contribution in [1.29, 1.82) is 0 Å². The summed E-state index contributed by atoms with van der Waals surface area (Å²) in [5.74, 6) is 0.882. The predicted octanol–water partition coefficient (Wildman–Crippen LogP) is 6.63. The zero-order valence-corrected chi connectivity index (χ0v) is 32.1. The van der Waals surface area contributed by atoms with Gasteiger partial charge >= 0.3 is 11.7 Å². The van der Waals surface area contributed by atoms with Crippen molar-refractivity contribution >= 4 is 5.97 Å². The van der Waals surface area contributed by atoms with E-state index in [0.29, 0.717) is 35.7 Å². The number of benzene rings is 4. The quantitative estimate of drug-likeness (QED) is 0.104. The number of aromatic amines is 1. The molecule has 2 fully saturated rings. The summed E-state index contributed by atoms with van der Waals surface area (Å²) in [6, 6.07) is 34.6. The molecule has 0 radical (unpaired) electrons. The molecule has 1 N–H and O–H groups in total. The molecule has 2 atom stereocenters. The Labute approximate surface area is 326 Å². The lowest BCUT2D eigenvalue weighted by Gasteiger charge is -2.50. The van der Waals surface area contributed by atoms with E-state index in [0.717, 1.165) is 48.8 Å². The van der Waals surface area contributed by atoms with Gasteiger partial charge in [0.15, 0.2) is 6.23 Å². The molecule has 5 aromatic rings. The average Bonchev–Trinajstić information content (AvgIpc) is 3.25. The molecule has 1 saturated carbocycles. The molecule has 2 aliphatic rings. The Kier molecular flexibility index (Phi) is 11.8. The summed E-state index contributed by atoms with van der Waals surface area (Å²) in [5.41, 5.74) is -0.224. The first-order chi connectivity index (χ1) is 27.2. The predicted molar refractivity (Wildman–Crippen MR) is 212 cm³/mol. The molecule has 1 aliphatic heterocycles. The Morgan fingerprint density at radius 2 is 1.36 bits per heavy atom. The molecule has 0 unspecified atom stereocenters. The SMILES string of the molecule is COc1ccc(C(OC[C@@]2(COC(=O)c3ccccc3)CN(C3CCCCC3)C[C@H](n3cc(C)c(=O)[nH]c3=O)O2)(c2ccccc2)c2ccc(OC)cc2)cc1. The number of carbonyl (C=O) groups is 1. The van der Waals surface area contributed by atoms with E-state index in [4.69, 9.17) is 23.7 Å². The van der Waals surface area contributed by atoms with Gasteiger partial charge in [-0.05, 0) is 72.9 Å². The van der Waals surface area contributed by atoms with Crippen molar-refractivity contribution in [2.45, 2.75) is 62.5 Å². The normalized spacial score (nSPS) is 19.3. The second-order valence-electron chi connectivity index (χ2n) is 14.7. The number of aryl methyl sites for hydroxylation is 1. The number of rotatable bonds is 13. The number of nitrogens with one attached hydrogen (secondary N) is 1. The van der Waals surface area contributed by atoms with Gasteiger partial charge in [-0.15, -0.1) is 0 Å². The monoisotopic (exact) mass is 759 g/mol. The fourth-order valence-corrected chi connectivity index (χ4v) is 8.04. The number of carbonyl (C=O) groups excluding carboxylic acids is 1. The first-order valence-electron chi connectivity index (χ1n) is 19.2. The minimum absolute atomic E-state index is 0.0567. The molecule has 292 valence electrons. The van der Waals surface area contributed by atoms with Crippen LogP contribution in [0.2, 0.25) is 0 Å². The molecule has 0 spiro atoms. The largest absolute Gasteiger partial charge is 0.497 e. The number of aromatic nitrogens is 2. The second-order valence-corrected chi connectivity index (χ2v) is 14.7. The van der Waals surface area contributed by atoms with Crippen molar-refractivity contribution in [2.24, 2.45) is 0 Å². The molecule has 2 heterocycles. The van der Waals surface area contributed by atoms with E-state index in [1.54, 1.807) is 51.6 Å². The maximum Gasteiger partial charge on any atom is 0.338 e. The topological polar surface area (TPSA) is 121 Å². The molecule has 1 aromatic heterocycles. The highest BCUT2D eigenvalue weighted by Gasteiger charge is 2.48. The zero-order valence-electron chi connectivity index (χ0n) is 32.1. The fraction of sp³-hybridized carbons (Fsp3) is 0.356. The summed E-state index contributed by atoms with van der Waals surface area (Å²) in [6.07, 6.45) is 6.01. The smallest absolute Gasteiger partial charge is 0.338 e. The van der Waals surface area contributed by atoms with Crippen LogP contribution in [-0.4, -0.2) is 72.6 Å². The van der Waals surface area contributed by atoms with Gasteiger partial charge in [-0.25, -0.2) is 9.59 Å². The van der Waals surface area contributed by atoms with Gasteiger partial charge in [-0.2, -0.15) is 0 Å². The Morgan fingerprint density at radius 1 is 0.786 bits per heavy atom. The van der Waals surface area contributed by atoms with Gasteiger partial charge in [-0.3, -0.25) is 19.2 Å². The van der Waals surface area contributed by atoms with Crippen LogP contribution in [-0.2, 0) is 19.8 Å². The number of H-pyrrole nitrogens is 1. The molecule has 1 aliphatic carbocycles. The first kappa shape index (κ1) is 38.8. The van der Waals surface area contributed by atoms with Crippen LogP contribution in [0.15, 0.2) is 125 Å². The van der Waals surface area contributed by atoms with Gasteiger partial charge < -0.3 is 23.7 Å². The number of esters is 1. The van der Waals surface area contributed by atoms with Crippen LogP contribution in [0.3, 0.4) is 0 Å². The number of hydrogen-bond donors (Lipinski definition) is 1. The molecular formula is C45H49N3O8. The summed E-state index contributed by atoms with van der Waals surface area (Å²) in [6.45, 7) is 2.19. The van der Waals surface area contributed by atoms with Crippen molar-refractivity contribution < 1.29 is 28.5 Å². The van der Waals surface area contributed by atoms with Gasteiger partial charge in [0.25, 0.3) is 5.56 Å². The Morgan fingerprint density at radius 3 is 1.95 bits per heavy atom. The molecule has 56 heavy (non-hydrogen) atoms.